The normalized spacial score (nSPS) is 13.8. The van der Waals surface area contributed by atoms with E-state index in [2.05, 4.69) is 10.2 Å². The monoisotopic (exact) mass is 309 g/mol. The van der Waals surface area contributed by atoms with Crippen molar-refractivity contribution >= 4 is 29.1 Å². The van der Waals surface area contributed by atoms with Crippen LogP contribution < -0.4 is 5.73 Å². The molecule has 2 N–H and O–H groups in total. The van der Waals surface area contributed by atoms with Gasteiger partial charge in [0, 0.05) is 5.75 Å². The molecule has 1 heterocycles. The van der Waals surface area contributed by atoms with Gasteiger partial charge in [-0.05, 0) is 12.5 Å². The molecule has 0 amide bonds. The van der Waals surface area contributed by atoms with Crippen LogP contribution in [0.4, 0.5) is 0 Å². The molecule has 0 radical (unpaired) electrons. The van der Waals surface area contributed by atoms with Gasteiger partial charge in [0.25, 0.3) is 0 Å². The summed E-state index contributed by atoms with van der Waals surface area (Å²) >= 11 is 2.88. The third-order valence-electron chi connectivity index (χ3n) is 2.77. The molecule has 5 nitrogen and oxygen atoms in total. The van der Waals surface area contributed by atoms with Gasteiger partial charge in [0.15, 0.2) is 4.34 Å². The van der Waals surface area contributed by atoms with Crippen molar-refractivity contribution in [2.75, 3.05) is 12.9 Å². The summed E-state index contributed by atoms with van der Waals surface area (Å²) in [6.45, 7) is 1.88. The molecule has 2 rings (SSSR count). The van der Waals surface area contributed by atoms with E-state index >= 15 is 0 Å². The van der Waals surface area contributed by atoms with Crippen LogP contribution in [0, 0.1) is 6.92 Å². The molecule has 0 aliphatic carbocycles. The summed E-state index contributed by atoms with van der Waals surface area (Å²) in [4.78, 5) is 12.1. The SMILES string of the molecule is COC(=O)C(N)(CSc1nnc(C)s1)c1ccccc1. The van der Waals surface area contributed by atoms with E-state index < -0.39 is 11.5 Å². The van der Waals surface area contributed by atoms with E-state index in [9.17, 15) is 4.79 Å². The highest BCUT2D eigenvalue weighted by molar-refractivity contribution is 8.01. The molecule has 1 aromatic heterocycles. The first-order valence-electron chi connectivity index (χ1n) is 5.92. The number of aryl methyl sites for hydroxylation is 1. The highest BCUT2D eigenvalue weighted by Crippen LogP contribution is 2.30. The molecule has 1 aromatic carbocycles. The third kappa shape index (κ3) is 3.17. The van der Waals surface area contributed by atoms with Gasteiger partial charge in [0.1, 0.15) is 10.5 Å². The third-order valence-corrected chi connectivity index (χ3v) is 4.93. The summed E-state index contributed by atoms with van der Waals surface area (Å²) in [7, 11) is 1.34. The van der Waals surface area contributed by atoms with Crippen LogP contribution in [0.3, 0.4) is 0 Å². The Labute approximate surface area is 125 Å². The lowest BCUT2D eigenvalue weighted by Gasteiger charge is -2.26. The maximum Gasteiger partial charge on any atom is 0.331 e. The Bertz CT molecular complexity index is 588. The zero-order valence-electron chi connectivity index (χ0n) is 11.2. The molecule has 20 heavy (non-hydrogen) atoms. The smallest absolute Gasteiger partial charge is 0.331 e. The molecular weight excluding hydrogens is 294 g/mol. The fourth-order valence-electron chi connectivity index (χ4n) is 1.69. The van der Waals surface area contributed by atoms with Gasteiger partial charge >= 0.3 is 5.97 Å². The van der Waals surface area contributed by atoms with E-state index in [1.807, 2.05) is 37.3 Å². The summed E-state index contributed by atoms with van der Waals surface area (Å²) in [6.07, 6.45) is 0. The highest BCUT2D eigenvalue weighted by Gasteiger charge is 2.37. The standard InChI is InChI=1S/C13H15N3O2S2/c1-9-15-16-12(20-9)19-8-13(14,11(17)18-2)10-6-4-3-5-7-10/h3-7H,8,14H2,1-2H3. The Kier molecular flexibility index (Phi) is 4.74. The van der Waals surface area contributed by atoms with Crippen molar-refractivity contribution in [3.05, 3.63) is 40.9 Å². The van der Waals surface area contributed by atoms with Crippen molar-refractivity contribution in [3.63, 3.8) is 0 Å². The zero-order valence-corrected chi connectivity index (χ0v) is 12.8. The first-order chi connectivity index (χ1) is 9.56. The average Bonchev–Trinajstić information content (AvgIpc) is 2.90. The summed E-state index contributed by atoms with van der Waals surface area (Å²) in [5.41, 5.74) is 5.82. The Morgan fingerprint density at radius 2 is 2.10 bits per heavy atom. The lowest BCUT2D eigenvalue weighted by molar-refractivity contribution is -0.146. The molecule has 2 aromatic rings. The number of hydrogen-bond donors (Lipinski definition) is 1. The minimum Gasteiger partial charge on any atom is -0.467 e. The second-order valence-corrected chi connectivity index (χ2v) is 6.61. The van der Waals surface area contributed by atoms with Crippen LogP contribution in [0.25, 0.3) is 0 Å². The van der Waals surface area contributed by atoms with E-state index in [4.69, 9.17) is 10.5 Å². The van der Waals surface area contributed by atoms with E-state index in [-0.39, 0.29) is 0 Å². The van der Waals surface area contributed by atoms with E-state index in [0.29, 0.717) is 5.75 Å². The van der Waals surface area contributed by atoms with Crippen LogP contribution in [0.5, 0.6) is 0 Å². The number of benzene rings is 1. The van der Waals surface area contributed by atoms with Gasteiger partial charge in [0.2, 0.25) is 0 Å². The number of methoxy groups -OCH3 is 1. The maximum absolute atomic E-state index is 12.1. The van der Waals surface area contributed by atoms with Gasteiger partial charge in [-0.2, -0.15) is 0 Å². The number of hydrogen-bond acceptors (Lipinski definition) is 7. The predicted molar refractivity (Wildman–Crippen MR) is 79.7 cm³/mol. The van der Waals surface area contributed by atoms with Gasteiger partial charge < -0.3 is 10.5 Å². The summed E-state index contributed by atoms with van der Waals surface area (Å²) in [6, 6.07) is 9.22. The summed E-state index contributed by atoms with van der Waals surface area (Å²) in [5, 5.41) is 8.85. The molecule has 0 saturated heterocycles. The molecule has 0 aliphatic rings. The number of thioether (sulfide) groups is 1. The van der Waals surface area contributed by atoms with Crippen LogP contribution in [-0.4, -0.2) is 29.0 Å². The Balaban J connectivity index is 2.22. The van der Waals surface area contributed by atoms with Crippen LogP contribution in [0.1, 0.15) is 10.6 Å². The van der Waals surface area contributed by atoms with Crippen molar-refractivity contribution in [3.8, 4) is 0 Å². The maximum atomic E-state index is 12.1. The van der Waals surface area contributed by atoms with Gasteiger partial charge in [-0.3, -0.25) is 0 Å². The molecule has 106 valence electrons. The van der Waals surface area contributed by atoms with E-state index in [0.717, 1.165) is 14.9 Å². The number of carbonyl (C=O) groups excluding carboxylic acids is 1. The van der Waals surface area contributed by atoms with Gasteiger partial charge in [-0.25, -0.2) is 4.79 Å². The number of ether oxygens (including phenoxy) is 1. The second-order valence-electron chi connectivity index (χ2n) is 4.20. The van der Waals surface area contributed by atoms with Crippen LogP contribution in [-0.2, 0) is 15.1 Å². The summed E-state index contributed by atoms with van der Waals surface area (Å²) < 4.78 is 5.64. The topological polar surface area (TPSA) is 78.1 Å². The minimum absolute atomic E-state index is 0.346. The molecule has 0 aliphatic heterocycles. The molecule has 0 spiro atoms. The molecule has 0 saturated carbocycles. The second kappa shape index (κ2) is 6.34. The van der Waals surface area contributed by atoms with Crippen molar-refractivity contribution in [2.45, 2.75) is 16.8 Å². The van der Waals surface area contributed by atoms with Crippen molar-refractivity contribution in [1.29, 1.82) is 0 Å². The van der Waals surface area contributed by atoms with Crippen LogP contribution in [0.15, 0.2) is 34.7 Å². The number of aromatic nitrogens is 2. The molecule has 1 atom stereocenters. The van der Waals surface area contributed by atoms with Crippen molar-refractivity contribution in [1.82, 2.24) is 10.2 Å². The first-order valence-corrected chi connectivity index (χ1v) is 7.72. The average molecular weight is 309 g/mol. The molecule has 0 bridgehead atoms. The van der Waals surface area contributed by atoms with E-state index in [1.54, 1.807) is 0 Å². The number of esters is 1. The molecule has 0 fully saturated rings. The highest BCUT2D eigenvalue weighted by atomic mass is 32.2. The summed E-state index contributed by atoms with van der Waals surface area (Å²) in [5.74, 6) is -0.115. The lowest BCUT2D eigenvalue weighted by atomic mass is 9.93. The fraction of sp³-hybridized carbons (Fsp3) is 0.308. The number of rotatable bonds is 5. The fourth-order valence-corrected chi connectivity index (χ4v) is 3.61. The molecule has 7 heteroatoms. The van der Waals surface area contributed by atoms with Crippen LogP contribution in [0.2, 0.25) is 0 Å². The minimum atomic E-state index is -1.19. The lowest BCUT2D eigenvalue weighted by Crippen LogP contribution is -2.48. The van der Waals surface area contributed by atoms with Gasteiger partial charge in [0.05, 0.1) is 7.11 Å². The van der Waals surface area contributed by atoms with Crippen LogP contribution >= 0.6 is 23.1 Å². The molecular formula is C13H15N3O2S2. The van der Waals surface area contributed by atoms with Crippen molar-refractivity contribution in [2.24, 2.45) is 5.73 Å². The number of nitrogens with two attached hydrogens (primary N) is 1. The zero-order chi connectivity index (χ0) is 14.6. The Hall–Kier alpha value is -1.44. The Morgan fingerprint density at radius 1 is 1.40 bits per heavy atom. The largest absolute Gasteiger partial charge is 0.467 e. The Morgan fingerprint density at radius 3 is 2.65 bits per heavy atom. The number of nitrogens with zero attached hydrogens (tertiary/aromatic N) is 2. The molecule has 1 unspecified atom stereocenters. The number of carbonyl (C=O) groups is 1. The van der Waals surface area contributed by atoms with Gasteiger partial charge in [-0.15, -0.1) is 10.2 Å². The quantitative estimate of drug-likeness (QED) is 0.672. The van der Waals surface area contributed by atoms with E-state index in [1.165, 1.54) is 30.2 Å². The van der Waals surface area contributed by atoms with Crippen molar-refractivity contribution < 1.29 is 9.53 Å². The predicted octanol–water partition coefficient (Wildman–Crippen LogP) is 1.97. The first kappa shape index (κ1) is 15.0. The van der Waals surface area contributed by atoms with Gasteiger partial charge in [-0.1, -0.05) is 53.4 Å².